The number of nitrogens with zero attached hydrogens (tertiary/aromatic N) is 2. The fourth-order valence-electron chi connectivity index (χ4n) is 3.56. The van der Waals surface area contributed by atoms with Crippen LogP contribution in [-0.2, 0) is 0 Å². The number of hydrogen-bond donors (Lipinski definition) is 0. The molecule has 0 N–H and O–H groups in total. The van der Waals surface area contributed by atoms with Crippen molar-refractivity contribution in [3.8, 4) is 21.5 Å². The lowest BCUT2D eigenvalue weighted by atomic mass is 10.1. The molecule has 5 aromatic rings. The van der Waals surface area contributed by atoms with Gasteiger partial charge in [-0.25, -0.2) is 9.97 Å². The monoisotopic (exact) mass is 402 g/mol. The summed E-state index contributed by atoms with van der Waals surface area (Å²) in [5, 5.41) is 0. The van der Waals surface area contributed by atoms with Crippen LogP contribution in [0.3, 0.4) is 0 Å². The van der Waals surface area contributed by atoms with Crippen molar-refractivity contribution in [3.63, 3.8) is 0 Å². The molecule has 146 valence electrons. The third kappa shape index (κ3) is 2.80. The molecule has 0 saturated carbocycles. The van der Waals surface area contributed by atoms with Gasteiger partial charge in [-0.1, -0.05) is 0 Å². The van der Waals surface area contributed by atoms with E-state index in [1.54, 1.807) is 11.3 Å². The van der Waals surface area contributed by atoms with E-state index in [0.717, 1.165) is 43.1 Å². The van der Waals surface area contributed by atoms with E-state index >= 15 is 0 Å². The third-order valence-corrected chi connectivity index (χ3v) is 7.21. The first kappa shape index (κ1) is 18.1. The second kappa shape index (κ2) is 6.29. The lowest BCUT2D eigenvalue weighted by Crippen LogP contribution is -1.80. The Labute approximate surface area is 173 Å². The molecule has 0 aliphatic rings. The van der Waals surface area contributed by atoms with Crippen LogP contribution in [0.1, 0.15) is 33.4 Å². The summed E-state index contributed by atoms with van der Waals surface area (Å²) in [7, 11) is 0. The Morgan fingerprint density at radius 1 is 0.586 bits per heavy atom. The number of fused-ring (bicyclic) bond motifs is 2. The fraction of sp³-hybridized carbons (Fsp3) is 0.250. The van der Waals surface area contributed by atoms with Crippen molar-refractivity contribution in [3.05, 3.63) is 57.6 Å². The molecular weight excluding hydrogens is 380 g/mol. The first-order valence-corrected chi connectivity index (χ1v) is 10.5. The lowest BCUT2D eigenvalue weighted by Gasteiger charge is -1.96. The summed E-state index contributed by atoms with van der Waals surface area (Å²) in [6.45, 7) is 12.6. The molecule has 0 unspecified atom stereocenters. The Morgan fingerprint density at radius 2 is 0.966 bits per heavy atom. The van der Waals surface area contributed by atoms with E-state index in [0.29, 0.717) is 11.8 Å². The average molecular weight is 403 g/mol. The molecule has 0 aliphatic heterocycles. The van der Waals surface area contributed by atoms with Gasteiger partial charge in [-0.3, -0.25) is 0 Å². The highest BCUT2D eigenvalue weighted by molar-refractivity contribution is 7.19. The third-order valence-electron chi connectivity index (χ3n) is 5.84. The molecule has 0 radical (unpaired) electrons. The van der Waals surface area contributed by atoms with Gasteiger partial charge in [-0.2, -0.15) is 0 Å². The summed E-state index contributed by atoms with van der Waals surface area (Å²) in [6, 6.07) is 8.28. The molecule has 29 heavy (non-hydrogen) atoms. The van der Waals surface area contributed by atoms with Crippen molar-refractivity contribution >= 4 is 33.5 Å². The van der Waals surface area contributed by atoms with Crippen molar-refractivity contribution in [1.29, 1.82) is 0 Å². The van der Waals surface area contributed by atoms with Gasteiger partial charge in [0.25, 0.3) is 0 Å². The number of aromatic nitrogens is 2. The highest BCUT2D eigenvalue weighted by Crippen LogP contribution is 2.42. The zero-order valence-electron chi connectivity index (χ0n) is 17.4. The van der Waals surface area contributed by atoms with Gasteiger partial charge in [0.2, 0.25) is 11.8 Å². The Balaban J connectivity index is 1.65. The molecule has 0 fully saturated rings. The van der Waals surface area contributed by atoms with Gasteiger partial charge in [0.15, 0.2) is 11.2 Å². The van der Waals surface area contributed by atoms with Crippen molar-refractivity contribution in [2.24, 2.45) is 0 Å². The summed E-state index contributed by atoms with van der Waals surface area (Å²) in [4.78, 5) is 11.6. The van der Waals surface area contributed by atoms with E-state index in [1.807, 2.05) is 0 Å². The predicted molar refractivity (Wildman–Crippen MR) is 119 cm³/mol. The fourth-order valence-corrected chi connectivity index (χ4v) is 4.72. The van der Waals surface area contributed by atoms with E-state index in [2.05, 4.69) is 65.8 Å². The number of hydrogen-bond acceptors (Lipinski definition) is 5. The maximum atomic E-state index is 6.11. The molecule has 0 amide bonds. The molecule has 5 rings (SSSR count). The van der Waals surface area contributed by atoms with Crippen LogP contribution in [0.5, 0.6) is 0 Å². The van der Waals surface area contributed by atoms with Gasteiger partial charge in [0, 0.05) is 0 Å². The molecule has 5 heteroatoms. The zero-order chi connectivity index (χ0) is 20.4. The Kier molecular flexibility index (Phi) is 3.93. The first-order valence-electron chi connectivity index (χ1n) is 9.68. The molecule has 0 bridgehead atoms. The molecule has 3 aromatic heterocycles. The van der Waals surface area contributed by atoms with Gasteiger partial charge in [0.05, 0.1) is 9.75 Å². The van der Waals surface area contributed by atoms with Gasteiger partial charge in [-0.05, 0) is 99.2 Å². The molecule has 4 nitrogen and oxygen atoms in total. The topological polar surface area (TPSA) is 52.1 Å². The quantitative estimate of drug-likeness (QED) is 0.313. The second-order valence-electron chi connectivity index (χ2n) is 7.86. The highest BCUT2D eigenvalue weighted by Gasteiger charge is 2.22. The van der Waals surface area contributed by atoms with Crippen LogP contribution < -0.4 is 0 Å². The van der Waals surface area contributed by atoms with Crippen LogP contribution in [-0.4, -0.2) is 9.97 Å². The smallest absolute Gasteiger partial charge is 0.237 e. The summed E-state index contributed by atoms with van der Waals surface area (Å²) in [6.07, 6.45) is 0. The van der Waals surface area contributed by atoms with Gasteiger partial charge in [-0.15, -0.1) is 11.3 Å². The first-order chi connectivity index (χ1) is 13.8. The van der Waals surface area contributed by atoms with Crippen LogP contribution in [0.15, 0.2) is 33.1 Å². The molecular formula is C24H22N2O2S. The minimum Gasteiger partial charge on any atom is -0.435 e. The lowest BCUT2D eigenvalue weighted by molar-refractivity contribution is 0.620. The van der Waals surface area contributed by atoms with Crippen molar-refractivity contribution < 1.29 is 8.83 Å². The molecule has 0 atom stereocenters. The van der Waals surface area contributed by atoms with Gasteiger partial charge in [0.1, 0.15) is 11.0 Å². The largest absolute Gasteiger partial charge is 0.435 e. The van der Waals surface area contributed by atoms with Gasteiger partial charge >= 0.3 is 0 Å². The maximum absolute atomic E-state index is 6.11. The average Bonchev–Trinajstić information content (AvgIpc) is 3.33. The molecule has 0 saturated heterocycles. The SMILES string of the molecule is Cc1cc2nc(-c3sc(-c4nc5cc(C)c(C)cc5o4)c(C)c3C)oc2cc1C. The zero-order valence-corrected chi connectivity index (χ0v) is 18.2. The summed E-state index contributed by atoms with van der Waals surface area (Å²) < 4.78 is 12.2. The normalized spacial score (nSPS) is 11.8. The minimum absolute atomic E-state index is 0.657. The second-order valence-corrected chi connectivity index (χ2v) is 8.88. The van der Waals surface area contributed by atoms with Crippen LogP contribution >= 0.6 is 11.3 Å². The number of benzene rings is 2. The molecule has 2 aromatic carbocycles. The van der Waals surface area contributed by atoms with E-state index in [9.17, 15) is 0 Å². The molecule has 0 aliphatic carbocycles. The minimum atomic E-state index is 0.657. The molecule has 3 heterocycles. The van der Waals surface area contributed by atoms with E-state index in [-0.39, 0.29) is 0 Å². The highest BCUT2D eigenvalue weighted by atomic mass is 32.1. The molecule has 0 spiro atoms. The van der Waals surface area contributed by atoms with Crippen LogP contribution in [0.2, 0.25) is 0 Å². The summed E-state index contributed by atoms with van der Waals surface area (Å²) in [5.74, 6) is 1.31. The van der Waals surface area contributed by atoms with Crippen molar-refractivity contribution in [2.75, 3.05) is 0 Å². The number of thiophene rings is 1. The maximum Gasteiger partial charge on any atom is 0.237 e. The number of aryl methyl sites for hydroxylation is 4. The van der Waals surface area contributed by atoms with E-state index < -0.39 is 0 Å². The standard InChI is InChI=1S/C24H22N2O2S/c1-11-7-17-19(9-13(11)3)27-23(25-17)21-15(5)16(6)22(29-21)24-26-18-8-12(2)14(4)10-20(18)28-24/h7-10H,1-6H3. The van der Waals surface area contributed by atoms with Crippen molar-refractivity contribution in [1.82, 2.24) is 9.97 Å². The number of rotatable bonds is 2. The van der Waals surface area contributed by atoms with Crippen LogP contribution in [0.4, 0.5) is 0 Å². The van der Waals surface area contributed by atoms with E-state index in [1.165, 1.54) is 22.3 Å². The van der Waals surface area contributed by atoms with Crippen LogP contribution in [0.25, 0.3) is 43.7 Å². The number of oxazole rings is 2. The Bertz CT molecular complexity index is 1230. The Hall–Kier alpha value is -2.92. The van der Waals surface area contributed by atoms with Gasteiger partial charge < -0.3 is 8.83 Å². The summed E-state index contributed by atoms with van der Waals surface area (Å²) >= 11 is 1.63. The van der Waals surface area contributed by atoms with Crippen LogP contribution in [0, 0.1) is 41.5 Å². The van der Waals surface area contributed by atoms with E-state index in [4.69, 9.17) is 18.8 Å². The summed E-state index contributed by atoms with van der Waals surface area (Å²) in [5.41, 5.74) is 10.6. The Morgan fingerprint density at radius 3 is 1.38 bits per heavy atom. The predicted octanol–water partition coefficient (Wildman–Crippen LogP) is 7.22. The van der Waals surface area contributed by atoms with Crippen molar-refractivity contribution in [2.45, 2.75) is 41.5 Å².